The van der Waals surface area contributed by atoms with Crippen molar-refractivity contribution in [2.24, 2.45) is 0 Å². The predicted octanol–water partition coefficient (Wildman–Crippen LogP) is 2.84. The van der Waals surface area contributed by atoms with Crippen LogP contribution in [0.2, 0.25) is 0 Å². The van der Waals surface area contributed by atoms with E-state index in [1.807, 2.05) is 43.3 Å². The number of nitrogen functional groups attached to an aromatic ring is 1. The summed E-state index contributed by atoms with van der Waals surface area (Å²) in [5.74, 6) is 2.25. The van der Waals surface area contributed by atoms with Crippen LogP contribution in [-0.2, 0) is 6.54 Å². The molecule has 0 atom stereocenters. The molecule has 3 aromatic rings. The predicted molar refractivity (Wildman–Crippen MR) is 119 cm³/mol. The van der Waals surface area contributed by atoms with Crippen LogP contribution < -0.4 is 20.7 Å². The maximum Gasteiger partial charge on any atom is 0.232 e. The zero-order valence-corrected chi connectivity index (χ0v) is 17.4. The van der Waals surface area contributed by atoms with Gasteiger partial charge in [-0.2, -0.15) is 15.0 Å². The van der Waals surface area contributed by atoms with Crippen LogP contribution in [0.25, 0.3) is 0 Å². The van der Waals surface area contributed by atoms with Gasteiger partial charge in [0, 0.05) is 43.6 Å². The number of hydrogen-bond donors (Lipinski definition) is 2. The number of nitrogens with zero attached hydrogens (tertiary/aromatic N) is 5. The van der Waals surface area contributed by atoms with Crippen molar-refractivity contribution in [2.75, 3.05) is 49.2 Å². The molecule has 0 bridgehead atoms. The van der Waals surface area contributed by atoms with Gasteiger partial charge in [-0.1, -0.05) is 18.2 Å². The van der Waals surface area contributed by atoms with E-state index < -0.39 is 0 Å². The summed E-state index contributed by atoms with van der Waals surface area (Å²) in [5.41, 5.74) is 9.21. The van der Waals surface area contributed by atoms with Crippen molar-refractivity contribution in [2.45, 2.75) is 13.5 Å². The summed E-state index contributed by atoms with van der Waals surface area (Å²) >= 11 is 0. The highest BCUT2D eigenvalue weighted by Crippen LogP contribution is 2.22. The van der Waals surface area contributed by atoms with E-state index >= 15 is 0 Å². The van der Waals surface area contributed by atoms with E-state index in [1.165, 1.54) is 5.69 Å². The number of rotatable bonds is 6. The molecule has 4 rings (SSSR count). The van der Waals surface area contributed by atoms with Crippen molar-refractivity contribution in [1.82, 2.24) is 19.9 Å². The Bertz CT molecular complexity index is 1000. The SMILES string of the molecule is COc1cccc(N2CCN(Cc3nc(N)nc(Nc4cccc(C)c4)n3)CC2)c1. The van der Waals surface area contributed by atoms with Crippen LogP contribution in [0, 0.1) is 6.92 Å². The van der Waals surface area contributed by atoms with Gasteiger partial charge in [-0.15, -0.1) is 0 Å². The van der Waals surface area contributed by atoms with Crippen molar-refractivity contribution < 1.29 is 4.74 Å². The van der Waals surface area contributed by atoms with Crippen LogP contribution in [0.15, 0.2) is 48.5 Å². The fourth-order valence-electron chi connectivity index (χ4n) is 3.59. The van der Waals surface area contributed by atoms with Gasteiger partial charge in [-0.25, -0.2) is 0 Å². The lowest BCUT2D eigenvalue weighted by Crippen LogP contribution is -2.46. The number of piperazine rings is 1. The third kappa shape index (κ3) is 4.96. The van der Waals surface area contributed by atoms with Crippen molar-refractivity contribution in [1.29, 1.82) is 0 Å². The molecular weight excluding hydrogens is 378 g/mol. The first-order valence-electron chi connectivity index (χ1n) is 10.0. The Morgan fingerprint density at radius 1 is 1.00 bits per heavy atom. The molecule has 8 nitrogen and oxygen atoms in total. The molecule has 0 radical (unpaired) electrons. The van der Waals surface area contributed by atoms with Gasteiger partial charge in [-0.05, 0) is 36.8 Å². The molecule has 1 aliphatic heterocycles. The Balaban J connectivity index is 1.38. The number of hydrogen-bond acceptors (Lipinski definition) is 8. The molecule has 0 spiro atoms. The topological polar surface area (TPSA) is 92.4 Å². The zero-order chi connectivity index (χ0) is 20.9. The van der Waals surface area contributed by atoms with Gasteiger partial charge >= 0.3 is 0 Å². The average Bonchev–Trinajstić information content (AvgIpc) is 2.74. The third-order valence-electron chi connectivity index (χ3n) is 5.13. The maximum atomic E-state index is 5.93. The quantitative estimate of drug-likeness (QED) is 0.647. The normalized spacial score (nSPS) is 14.5. The molecule has 2 aromatic carbocycles. The van der Waals surface area contributed by atoms with Gasteiger partial charge in [0.1, 0.15) is 11.6 Å². The van der Waals surface area contributed by atoms with E-state index in [-0.39, 0.29) is 5.95 Å². The average molecular weight is 406 g/mol. The van der Waals surface area contributed by atoms with E-state index in [0.29, 0.717) is 18.3 Å². The number of aryl methyl sites for hydroxylation is 1. The Labute approximate surface area is 176 Å². The van der Waals surface area contributed by atoms with E-state index in [9.17, 15) is 0 Å². The fraction of sp³-hybridized carbons (Fsp3) is 0.318. The number of methoxy groups -OCH3 is 1. The molecule has 1 fully saturated rings. The van der Waals surface area contributed by atoms with Crippen molar-refractivity contribution >= 4 is 23.3 Å². The summed E-state index contributed by atoms with van der Waals surface area (Å²) in [6.45, 7) is 6.39. The highest BCUT2D eigenvalue weighted by Gasteiger charge is 2.19. The van der Waals surface area contributed by atoms with Crippen LogP contribution in [0.4, 0.5) is 23.3 Å². The summed E-state index contributed by atoms with van der Waals surface area (Å²) in [5, 5.41) is 3.22. The molecule has 1 saturated heterocycles. The Hall–Kier alpha value is -3.39. The van der Waals surface area contributed by atoms with Crippen LogP contribution >= 0.6 is 0 Å². The molecule has 0 aliphatic carbocycles. The minimum atomic E-state index is 0.227. The van der Waals surface area contributed by atoms with Gasteiger partial charge < -0.3 is 20.7 Å². The van der Waals surface area contributed by atoms with E-state index in [2.05, 4.69) is 42.2 Å². The molecule has 1 aliphatic rings. The number of nitrogens with two attached hydrogens (primary N) is 1. The molecule has 8 heteroatoms. The van der Waals surface area contributed by atoms with Crippen molar-refractivity contribution in [3.63, 3.8) is 0 Å². The lowest BCUT2D eigenvalue weighted by atomic mass is 10.2. The molecule has 1 aromatic heterocycles. The van der Waals surface area contributed by atoms with Crippen LogP contribution in [0.5, 0.6) is 5.75 Å². The molecule has 0 amide bonds. The molecule has 0 unspecified atom stereocenters. The first-order valence-corrected chi connectivity index (χ1v) is 10.0. The Kier molecular flexibility index (Phi) is 5.94. The molecular formula is C22H27N7O. The number of anilines is 4. The van der Waals surface area contributed by atoms with Crippen molar-refractivity contribution in [3.05, 3.63) is 59.9 Å². The smallest absolute Gasteiger partial charge is 0.232 e. The van der Waals surface area contributed by atoms with Gasteiger partial charge in [-0.3, -0.25) is 4.90 Å². The lowest BCUT2D eigenvalue weighted by Gasteiger charge is -2.35. The number of benzene rings is 2. The summed E-state index contributed by atoms with van der Waals surface area (Å²) in [7, 11) is 1.69. The Morgan fingerprint density at radius 2 is 1.80 bits per heavy atom. The number of ether oxygens (including phenoxy) is 1. The van der Waals surface area contributed by atoms with E-state index in [4.69, 9.17) is 10.5 Å². The lowest BCUT2D eigenvalue weighted by molar-refractivity contribution is 0.244. The van der Waals surface area contributed by atoms with Gasteiger partial charge in [0.2, 0.25) is 11.9 Å². The monoisotopic (exact) mass is 405 g/mol. The summed E-state index contributed by atoms with van der Waals surface area (Å²) in [6.07, 6.45) is 0. The number of aromatic nitrogens is 3. The summed E-state index contributed by atoms with van der Waals surface area (Å²) in [6, 6.07) is 16.2. The zero-order valence-electron chi connectivity index (χ0n) is 17.4. The van der Waals surface area contributed by atoms with Crippen LogP contribution in [-0.4, -0.2) is 53.1 Å². The molecule has 156 valence electrons. The summed E-state index contributed by atoms with van der Waals surface area (Å²) < 4.78 is 5.34. The Morgan fingerprint density at radius 3 is 2.57 bits per heavy atom. The molecule has 30 heavy (non-hydrogen) atoms. The summed E-state index contributed by atoms with van der Waals surface area (Å²) in [4.78, 5) is 17.8. The standard InChI is InChI=1S/C22H27N7O/c1-16-5-3-6-17(13-16)24-22-26-20(25-21(23)27-22)15-28-9-11-29(12-10-28)18-7-4-8-19(14-18)30-2/h3-8,13-14H,9-12,15H2,1-2H3,(H3,23,24,25,26,27). The molecule has 0 saturated carbocycles. The first kappa shape index (κ1) is 19.9. The minimum Gasteiger partial charge on any atom is -0.497 e. The molecule has 3 N–H and O–H groups in total. The minimum absolute atomic E-state index is 0.227. The maximum absolute atomic E-state index is 5.93. The van der Waals surface area contributed by atoms with E-state index in [1.54, 1.807) is 7.11 Å². The molecule has 2 heterocycles. The highest BCUT2D eigenvalue weighted by atomic mass is 16.5. The van der Waals surface area contributed by atoms with Crippen LogP contribution in [0.1, 0.15) is 11.4 Å². The van der Waals surface area contributed by atoms with E-state index in [0.717, 1.165) is 43.2 Å². The first-order chi connectivity index (χ1) is 14.6. The van der Waals surface area contributed by atoms with Gasteiger partial charge in [0.05, 0.1) is 13.7 Å². The van der Waals surface area contributed by atoms with Crippen molar-refractivity contribution in [3.8, 4) is 5.75 Å². The second-order valence-electron chi connectivity index (χ2n) is 7.39. The fourth-order valence-corrected chi connectivity index (χ4v) is 3.59. The number of nitrogens with one attached hydrogen (secondary N) is 1. The largest absolute Gasteiger partial charge is 0.497 e. The van der Waals surface area contributed by atoms with Crippen LogP contribution in [0.3, 0.4) is 0 Å². The second kappa shape index (κ2) is 8.96. The highest BCUT2D eigenvalue weighted by molar-refractivity contribution is 5.55. The van der Waals surface area contributed by atoms with Gasteiger partial charge in [0.15, 0.2) is 0 Å². The third-order valence-corrected chi connectivity index (χ3v) is 5.13. The van der Waals surface area contributed by atoms with Gasteiger partial charge in [0.25, 0.3) is 0 Å². The second-order valence-corrected chi connectivity index (χ2v) is 7.39.